The zero-order chi connectivity index (χ0) is 45.9. The highest BCUT2D eigenvalue weighted by Gasteiger charge is 2.33. The van der Waals surface area contributed by atoms with Crippen LogP contribution in [0.4, 0.5) is 0 Å². The number of nitrogens with zero attached hydrogens (tertiary/aromatic N) is 2. The van der Waals surface area contributed by atoms with Gasteiger partial charge in [-0.15, -0.1) is 128 Å². The minimum absolute atomic E-state index is 0. The fourth-order valence-corrected chi connectivity index (χ4v) is 221. The molecule has 0 aliphatic rings. The highest BCUT2D eigenvalue weighted by molar-refractivity contribution is 9.28. The van der Waals surface area contributed by atoms with Crippen LogP contribution in [0.25, 0.3) is 11.1 Å². The summed E-state index contributed by atoms with van der Waals surface area (Å²) in [6.07, 6.45) is 8.15. The summed E-state index contributed by atoms with van der Waals surface area (Å²) in [5.41, 5.74) is 3.12. The van der Waals surface area contributed by atoms with Crippen molar-refractivity contribution in [3.63, 3.8) is 0 Å². The van der Waals surface area contributed by atoms with E-state index in [1.165, 1.54) is 25.3 Å². The summed E-state index contributed by atoms with van der Waals surface area (Å²) in [6.45, 7) is 1.53. The maximum atomic E-state index is 10.9. The summed E-state index contributed by atoms with van der Waals surface area (Å²) in [4.78, 5) is 29.1. The number of halogens is 2. The van der Waals surface area contributed by atoms with E-state index in [-0.39, 0.29) is 73.8 Å². The first-order valence-electron chi connectivity index (χ1n) is 15.8. The Morgan fingerprint density at radius 2 is 1.03 bits per heavy atom. The molecule has 0 aliphatic heterocycles. The van der Waals surface area contributed by atoms with Gasteiger partial charge in [-0.25, -0.2) is 0 Å². The van der Waals surface area contributed by atoms with Gasteiger partial charge in [-0.2, -0.15) is 0 Å². The molecule has 2 heterocycles. The van der Waals surface area contributed by atoms with Crippen LogP contribution >= 0.6 is 219 Å². The highest BCUT2D eigenvalue weighted by atomic mass is 35.5. The molecule has 0 radical (unpaired) electrons. The summed E-state index contributed by atoms with van der Waals surface area (Å²) >= 11 is 5.50. The number of carbonyl (C=O) groups is 2. The van der Waals surface area contributed by atoms with Crippen LogP contribution in [0.2, 0.25) is 5.02 Å². The minimum atomic E-state index is -1.57. The summed E-state index contributed by atoms with van der Waals surface area (Å²) in [5, 5.41) is 18.3. The van der Waals surface area contributed by atoms with Crippen LogP contribution in [0, 0.1) is 0 Å². The topological polar surface area (TPSA) is 119 Å². The van der Waals surface area contributed by atoms with Crippen LogP contribution < -0.4 is 14.9 Å². The first-order valence-corrected chi connectivity index (χ1v) is 58.3. The standard InChI is InChI=1S/C13H11NO2.C8H9BO4.C5H4ClN.ClH.H17P15.H11P9/c1-16-13-3-2-11(8-12(13)9-15)10-4-6-14-7-5-10;1-13-8-3-2-7(9(11)12)4-6(8)5-10;6-5-1-3-7-4-2-5;;1-9-13(8)15(12(6)7)14(10(2)3)11(4)5;1-6-9(7(2)3)8(4)5/h2-9H,1H3;2-5,11-12H,1H3;1-4H;1H;9H,1-8H2;6H,1-5H2. The second-order valence-electron chi connectivity index (χ2n) is 10.3. The van der Waals surface area contributed by atoms with Crippen molar-refractivity contribution in [3.8, 4) is 22.6 Å². The molecule has 35 heteroatoms. The van der Waals surface area contributed by atoms with Crippen LogP contribution in [0.3, 0.4) is 0 Å². The Morgan fingerprint density at radius 1 is 0.607 bits per heavy atom. The van der Waals surface area contributed by atoms with Gasteiger partial charge in [0.05, 0.1) is 25.3 Å². The molecule has 61 heavy (non-hydrogen) atoms. The number of methoxy groups -OCH3 is 2. The zero-order valence-electron chi connectivity index (χ0n) is 32.6. The first-order chi connectivity index (χ1) is 28.3. The SMILES string of the molecule is COc1ccc(-c2ccncc2)cc1C=O.COc1ccc(B(O)O)cc1C=O.Cl.Clc1ccncc1.PPP(P(P)P)P(P)P.PPP(P)P(P(P)P)P(P(P)P)P(P)P. The van der Waals surface area contributed by atoms with E-state index in [1.54, 1.807) is 56.2 Å². The quantitative estimate of drug-likeness (QED) is 0.0686. The molecular formula is C26H53BCl2N2O6P24. The molecule has 0 amide bonds. The average Bonchev–Trinajstić information content (AvgIpc) is 3.22. The maximum Gasteiger partial charge on any atom is 0.488 e. The van der Waals surface area contributed by atoms with E-state index in [0.717, 1.165) is 38.4 Å². The molecule has 8 nitrogen and oxygen atoms in total. The first kappa shape index (κ1) is 69.6. The van der Waals surface area contributed by atoms with Gasteiger partial charge >= 0.3 is 7.12 Å². The molecule has 0 saturated carbocycles. The van der Waals surface area contributed by atoms with Crippen molar-refractivity contribution in [2.75, 3.05) is 14.2 Å². The van der Waals surface area contributed by atoms with Crippen molar-refractivity contribution in [1.82, 2.24) is 9.97 Å². The van der Waals surface area contributed by atoms with Gasteiger partial charge in [-0.05, 0) is 128 Å². The molecule has 0 fully saturated rings. The third kappa shape index (κ3) is 29.8. The van der Waals surface area contributed by atoms with Crippen molar-refractivity contribution in [1.29, 1.82) is 0 Å². The van der Waals surface area contributed by atoms with Gasteiger partial charge in [0.1, 0.15) is 11.5 Å². The normalized spacial score (nSPS) is 11.9. The second-order valence-corrected chi connectivity index (χ2v) is 97.3. The number of carbonyl (C=O) groups excluding carboxylic acids is 2. The Hall–Kier alpha value is 6.56. The fraction of sp³-hybridized carbons (Fsp3) is 0.0769. The van der Waals surface area contributed by atoms with Crippen molar-refractivity contribution in [2.24, 2.45) is 0 Å². The van der Waals surface area contributed by atoms with Crippen molar-refractivity contribution in [2.45, 2.75) is 0 Å². The number of aromatic nitrogens is 2. The van der Waals surface area contributed by atoms with E-state index in [1.807, 2.05) is 18.2 Å². The molecule has 340 valence electrons. The van der Waals surface area contributed by atoms with Crippen LogP contribution in [-0.2, 0) is 0 Å². The molecule has 2 N–H and O–H groups in total. The Balaban J connectivity index is 0. The van der Waals surface area contributed by atoms with Crippen LogP contribution in [-0.4, -0.2) is 53.9 Å². The third-order valence-corrected chi connectivity index (χ3v) is 139. The van der Waals surface area contributed by atoms with E-state index in [2.05, 4.69) is 126 Å². The average molecular weight is 1310 g/mol. The van der Waals surface area contributed by atoms with E-state index < -0.39 is 7.12 Å². The lowest BCUT2D eigenvalue weighted by atomic mass is 9.79. The molecule has 17 atom stereocenters. The summed E-state index contributed by atoms with van der Waals surface area (Å²) in [5.74, 6) is 1.01. The molecule has 0 bridgehead atoms. The molecule has 0 aliphatic carbocycles. The van der Waals surface area contributed by atoms with Gasteiger partial charge in [-0.3, -0.25) is 19.6 Å². The zero-order valence-corrected chi connectivity index (χ0v) is 59.2. The lowest BCUT2D eigenvalue weighted by Gasteiger charge is -2.38. The number of pyridine rings is 2. The maximum absolute atomic E-state index is 10.9. The van der Waals surface area contributed by atoms with Crippen molar-refractivity contribution in [3.05, 3.63) is 102 Å². The molecule has 0 spiro atoms. The fourth-order valence-electron chi connectivity index (χ4n) is 3.79. The van der Waals surface area contributed by atoms with Gasteiger partial charge in [0.2, 0.25) is 0 Å². The molecule has 0 saturated heterocycles. The third-order valence-electron chi connectivity index (χ3n) is 6.35. The predicted molar refractivity (Wildman–Crippen MR) is 351 cm³/mol. The Labute approximate surface area is 417 Å². The summed E-state index contributed by atoms with van der Waals surface area (Å²) in [6, 6.07) is 17.2. The largest absolute Gasteiger partial charge is 0.496 e. The summed E-state index contributed by atoms with van der Waals surface area (Å²) in [7, 11) is 42.7. The lowest BCUT2D eigenvalue weighted by Crippen LogP contribution is -2.30. The molecule has 4 rings (SSSR count). The van der Waals surface area contributed by atoms with Gasteiger partial charge in [0.25, 0.3) is 0 Å². The molecular weight excluding hydrogens is 1260 g/mol. The highest BCUT2D eigenvalue weighted by Crippen LogP contribution is 3.22. The lowest BCUT2D eigenvalue weighted by molar-refractivity contribution is 0.111. The number of rotatable bonds is 15. The minimum Gasteiger partial charge on any atom is -0.496 e. The monoisotopic (exact) mass is 1310 g/mol. The number of aldehydes is 2. The van der Waals surface area contributed by atoms with E-state index in [4.69, 9.17) is 31.1 Å². The number of hydrogen-bond acceptors (Lipinski definition) is 8. The predicted octanol–water partition coefficient (Wildman–Crippen LogP) is 17.1. The smallest absolute Gasteiger partial charge is 0.488 e. The van der Waals surface area contributed by atoms with E-state index in [9.17, 15) is 9.59 Å². The van der Waals surface area contributed by atoms with Gasteiger partial charge in [-0.1, -0.05) is 39.6 Å². The summed E-state index contributed by atoms with van der Waals surface area (Å²) < 4.78 is 9.96. The molecule has 17 unspecified atom stereocenters. The number of hydrogen-bond donors (Lipinski definition) is 2. The van der Waals surface area contributed by atoms with Gasteiger partial charge in [0.15, 0.2) is 12.6 Å². The van der Waals surface area contributed by atoms with Crippen molar-refractivity contribution < 1.29 is 29.1 Å². The Kier molecular flexibility index (Phi) is 47.9. The van der Waals surface area contributed by atoms with E-state index in [0.29, 0.717) is 35.9 Å². The van der Waals surface area contributed by atoms with Crippen molar-refractivity contribution >= 4 is 244 Å². The van der Waals surface area contributed by atoms with Crippen LogP contribution in [0.1, 0.15) is 20.7 Å². The molecule has 2 aromatic heterocycles. The van der Waals surface area contributed by atoms with Crippen LogP contribution in [0.15, 0.2) is 85.5 Å². The number of ether oxygens (including phenoxy) is 2. The Bertz CT molecular complexity index is 1760. The van der Waals surface area contributed by atoms with Gasteiger partial charge in [0, 0.05) is 29.8 Å². The number of benzene rings is 2. The molecule has 4 aromatic rings. The molecule has 2 aromatic carbocycles. The Morgan fingerprint density at radius 3 is 1.34 bits per heavy atom. The second kappa shape index (κ2) is 42.0. The van der Waals surface area contributed by atoms with E-state index >= 15 is 0 Å². The van der Waals surface area contributed by atoms with Crippen LogP contribution in [0.5, 0.6) is 11.5 Å². The van der Waals surface area contributed by atoms with Gasteiger partial charge < -0.3 is 19.5 Å².